The van der Waals surface area contributed by atoms with Gasteiger partial charge in [-0.15, -0.1) is 0 Å². The number of esters is 1. The molecule has 21 heavy (non-hydrogen) atoms. The molecule has 0 spiro atoms. The Morgan fingerprint density at radius 3 is 2.71 bits per heavy atom. The summed E-state index contributed by atoms with van der Waals surface area (Å²) in [6, 6.07) is 8.47. The zero-order valence-corrected chi connectivity index (χ0v) is 11.5. The highest BCUT2D eigenvalue weighted by molar-refractivity contribution is 5.90. The van der Waals surface area contributed by atoms with Gasteiger partial charge in [0.15, 0.2) is 0 Å². The fourth-order valence-corrected chi connectivity index (χ4v) is 1.76. The molecule has 0 unspecified atom stereocenters. The third-order valence-electron chi connectivity index (χ3n) is 2.88. The van der Waals surface area contributed by atoms with Crippen molar-refractivity contribution >= 4 is 23.2 Å². The number of carbonyl (C=O) groups is 1. The number of para-hydroxylation sites is 1. The maximum absolute atomic E-state index is 11.4. The average Bonchev–Trinajstić information content (AvgIpc) is 2.49. The van der Waals surface area contributed by atoms with E-state index in [1.807, 2.05) is 25.1 Å². The SMILES string of the molecule is COC(=O)c1cnc(Nc2ccccc2C)c([N+](=O)[O-])c1. The van der Waals surface area contributed by atoms with E-state index in [0.717, 1.165) is 11.6 Å². The van der Waals surface area contributed by atoms with E-state index in [4.69, 9.17) is 0 Å². The second kappa shape index (κ2) is 6.00. The Morgan fingerprint density at radius 1 is 1.38 bits per heavy atom. The molecular weight excluding hydrogens is 274 g/mol. The lowest BCUT2D eigenvalue weighted by atomic mass is 10.2. The fraction of sp³-hybridized carbons (Fsp3) is 0.143. The highest BCUT2D eigenvalue weighted by Crippen LogP contribution is 2.27. The average molecular weight is 287 g/mol. The molecule has 1 aromatic heterocycles. The van der Waals surface area contributed by atoms with Crippen LogP contribution in [0.4, 0.5) is 17.2 Å². The molecule has 0 bridgehead atoms. The van der Waals surface area contributed by atoms with Gasteiger partial charge in [0.2, 0.25) is 5.82 Å². The highest BCUT2D eigenvalue weighted by atomic mass is 16.6. The van der Waals surface area contributed by atoms with Crippen molar-refractivity contribution in [1.82, 2.24) is 4.98 Å². The number of aromatic nitrogens is 1. The second-order valence-corrected chi connectivity index (χ2v) is 4.28. The monoisotopic (exact) mass is 287 g/mol. The van der Waals surface area contributed by atoms with Crippen LogP contribution in [0.5, 0.6) is 0 Å². The van der Waals surface area contributed by atoms with E-state index in [0.29, 0.717) is 5.69 Å². The Morgan fingerprint density at radius 2 is 2.10 bits per heavy atom. The molecule has 0 saturated carbocycles. The third-order valence-corrected chi connectivity index (χ3v) is 2.88. The number of hydrogen-bond donors (Lipinski definition) is 1. The number of nitrogens with zero attached hydrogens (tertiary/aromatic N) is 2. The number of ether oxygens (including phenoxy) is 1. The zero-order valence-electron chi connectivity index (χ0n) is 11.5. The topological polar surface area (TPSA) is 94.4 Å². The molecule has 7 nitrogen and oxygen atoms in total. The number of pyridine rings is 1. The van der Waals surface area contributed by atoms with E-state index < -0.39 is 10.9 Å². The Bertz CT molecular complexity index is 700. The Hall–Kier alpha value is -2.96. The van der Waals surface area contributed by atoms with Crippen LogP contribution in [0.1, 0.15) is 15.9 Å². The molecule has 2 rings (SSSR count). The van der Waals surface area contributed by atoms with Gasteiger partial charge in [-0.3, -0.25) is 10.1 Å². The summed E-state index contributed by atoms with van der Waals surface area (Å²) in [4.78, 5) is 25.9. The molecule has 0 saturated heterocycles. The van der Waals surface area contributed by atoms with Crippen molar-refractivity contribution in [2.24, 2.45) is 0 Å². The predicted octanol–water partition coefficient (Wildman–Crippen LogP) is 2.83. The van der Waals surface area contributed by atoms with Crippen LogP contribution < -0.4 is 5.32 Å². The summed E-state index contributed by atoms with van der Waals surface area (Å²) in [6.45, 7) is 1.87. The molecule has 2 aromatic rings. The van der Waals surface area contributed by atoms with E-state index in [-0.39, 0.29) is 17.1 Å². The van der Waals surface area contributed by atoms with E-state index in [2.05, 4.69) is 15.0 Å². The number of rotatable bonds is 4. The van der Waals surface area contributed by atoms with Crippen molar-refractivity contribution < 1.29 is 14.5 Å². The van der Waals surface area contributed by atoms with Crippen LogP contribution in [0.3, 0.4) is 0 Å². The maximum Gasteiger partial charge on any atom is 0.339 e. The van der Waals surface area contributed by atoms with Gasteiger partial charge in [0.1, 0.15) is 0 Å². The number of nitro groups is 1. The number of carbonyl (C=O) groups excluding carboxylic acids is 1. The molecule has 0 radical (unpaired) electrons. The first-order valence-electron chi connectivity index (χ1n) is 6.08. The first-order chi connectivity index (χ1) is 10.0. The number of anilines is 2. The quantitative estimate of drug-likeness (QED) is 0.528. The minimum absolute atomic E-state index is 0.0273. The van der Waals surface area contributed by atoms with Gasteiger partial charge in [-0.2, -0.15) is 0 Å². The zero-order chi connectivity index (χ0) is 15.4. The molecule has 108 valence electrons. The van der Waals surface area contributed by atoms with E-state index in [1.54, 1.807) is 6.07 Å². The van der Waals surface area contributed by atoms with E-state index >= 15 is 0 Å². The Balaban J connectivity index is 2.42. The second-order valence-electron chi connectivity index (χ2n) is 4.28. The Kier molecular flexibility index (Phi) is 4.13. The standard InChI is InChI=1S/C14H13N3O4/c1-9-5-3-4-6-11(9)16-13-12(17(19)20)7-10(8-15-13)14(18)21-2/h3-8H,1-2H3,(H,15,16). The van der Waals surface area contributed by atoms with Crippen molar-refractivity contribution in [3.63, 3.8) is 0 Å². The van der Waals surface area contributed by atoms with Gasteiger partial charge < -0.3 is 10.1 Å². The highest BCUT2D eigenvalue weighted by Gasteiger charge is 2.20. The molecular formula is C14H13N3O4. The number of aryl methyl sites for hydroxylation is 1. The molecule has 1 heterocycles. The summed E-state index contributed by atoms with van der Waals surface area (Å²) >= 11 is 0. The number of benzene rings is 1. The summed E-state index contributed by atoms with van der Waals surface area (Å²) in [5, 5.41) is 14.0. The lowest BCUT2D eigenvalue weighted by Crippen LogP contribution is -2.06. The summed E-state index contributed by atoms with van der Waals surface area (Å²) in [6.07, 6.45) is 1.24. The van der Waals surface area contributed by atoms with Crippen molar-refractivity contribution in [1.29, 1.82) is 0 Å². The summed E-state index contributed by atoms with van der Waals surface area (Å²) in [5.74, 6) is -0.602. The van der Waals surface area contributed by atoms with Crippen molar-refractivity contribution in [2.75, 3.05) is 12.4 Å². The minimum atomic E-state index is -0.673. The first-order valence-corrected chi connectivity index (χ1v) is 6.08. The molecule has 1 N–H and O–H groups in total. The van der Waals surface area contributed by atoms with Gasteiger partial charge in [-0.25, -0.2) is 9.78 Å². The van der Waals surface area contributed by atoms with Crippen molar-refractivity contribution in [3.8, 4) is 0 Å². The number of methoxy groups -OCH3 is 1. The molecule has 0 aliphatic rings. The molecule has 0 aliphatic carbocycles. The van der Waals surface area contributed by atoms with Crippen molar-refractivity contribution in [3.05, 3.63) is 57.8 Å². The first kappa shape index (κ1) is 14.4. The van der Waals surface area contributed by atoms with E-state index in [9.17, 15) is 14.9 Å². The smallest absolute Gasteiger partial charge is 0.339 e. The number of nitrogens with one attached hydrogen (secondary N) is 1. The summed E-state index contributed by atoms with van der Waals surface area (Å²) in [7, 11) is 1.20. The van der Waals surface area contributed by atoms with Gasteiger partial charge in [-0.05, 0) is 18.6 Å². The summed E-state index contributed by atoms with van der Waals surface area (Å²) < 4.78 is 4.53. The Labute approximate surface area is 120 Å². The molecule has 7 heteroatoms. The van der Waals surface area contributed by atoms with Gasteiger partial charge in [0.25, 0.3) is 0 Å². The van der Waals surface area contributed by atoms with Crippen LogP contribution in [0.25, 0.3) is 0 Å². The molecule has 0 aliphatic heterocycles. The van der Waals surface area contributed by atoms with Crippen LogP contribution in [0, 0.1) is 17.0 Å². The van der Waals surface area contributed by atoms with E-state index in [1.165, 1.54) is 13.3 Å². The minimum Gasteiger partial charge on any atom is -0.465 e. The predicted molar refractivity (Wildman–Crippen MR) is 76.7 cm³/mol. The van der Waals surface area contributed by atoms with Gasteiger partial charge in [0.05, 0.1) is 17.6 Å². The van der Waals surface area contributed by atoms with Crippen molar-refractivity contribution in [2.45, 2.75) is 6.92 Å². The third kappa shape index (κ3) is 3.14. The fourth-order valence-electron chi connectivity index (χ4n) is 1.76. The van der Waals surface area contributed by atoms with Crippen LogP contribution in [0.15, 0.2) is 36.5 Å². The molecule has 0 amide bonds. The molecule has 0 atom stereocenters. The number of hydrogen-bond acceptors (Lipinski definition) is 6. The lowest BCUT2D eigenvalue weighted by Gasteiger charge is -2.09. The van der Waals surface area contributed by atoms with Crippen LogP contribution in [-0.4, -0.2) is 23.0 Å². The van der Waals surface area contributed by atoms with Crippen LogP contribution in [0.2, 0.25) is 0 Å². The van der Waals surface area contributed by atoms with Gasteiger partial charge >= 0.3 is 11.7 Å². The van der Waals surface area contributed by atoms with Crippen LogP contribution in [-0.2, 0) is 4.74 Å². The maximum atomic E-state index is 11.4. The lowest BCUT2D eigenvalue weighted by molar-refractivity contribution is -0.384. The van der Waals surface area contributed by atoms with Gasteiger partial charge in [0, 0.05) is 18.0 Å². The molecule has 1 aromatic carbocycles. The van der Waals surface area contributed by atoms with Gasteiger partial charge in [-0.1, -0.05) is 18.2 Å². The summed E-state index contributed by atoms with van der Waals surface area (Å²) in [5.41, 5.74) is 1.37. The van der Waals surface area contributed by atoms with Crippen LogP contribution >= 0.6 is 0 Å². The molecule has 0 fully saturated rings. The largest absolute Gasteiger partial charge is 0.465 e. The normalized spacial score (nSPS) is 10.0.